The van der Waals surface area contributed by atoms with Crippen molar-refractivity contribution in [1.82, 2.24) is 4.98 Å². The Hall–Kier alpha value is -1.72. The summed E-state index contributed by atoms with van der Waals surface area (Å²) in [5.74, 6) is -1.51. The summed E-state index contributed by atoms with van der Waals surface area (Å²) in [7, 11) is 0. The molecular weight excluding hydrogens is 264 g/mol. The lowest BCUT2D eigenvalue weighted by Crippen LogP contribution is -1.97. The van der Waals surface area contributed by atoms with Crippen LogP contribution in [0.5, 0.6) is 11.6 Å². The van der Waals surface area contributed by atoms with E-state index in [1.165, 1.54) is 24.4 Å². The first-order chi connectivity index (χ1) is 8.61. The third-order valence-corrected chi connectivity index (χ3v) is 2.50. The first-order valence-corrected chi connectivity index (χ1v) is 5.36. The van der Waals surface area contributed by atoms with Gasteiger partial charge in [0.25, 0.3) is 5.88 Å². The van der Waals surface area contributed by atoms with Crippen molar-refractivity contribution < 1.29 is 18.6 Å². The molecule has 1 aromatic carbocycles. The Labute approximate surface area is 107 Å². The second-order valence-corrected chi connectivity index (χ2v) is 3.83. The monoisotopic (exact) mass is 271 g/mol. The summed E-state index contributed by atoms with van der Waals surface area (Å²) in [6, 6.07) is 4.95. The van der Waals surface area contributed by atoms with Crippen molar-refractivity contribution in [3.8, 4) is 11.6 Å². The summed E-state index contributed by atoms with van der Waals surface area (Å²) in [5, 5.41) is 8.76. The summed E-state index contributed by atoms with van der Waals surface area (Å²) < 4.78 is 31.7. The normalized spacial score (nSPS) is 10.4. The van der Waals surface area contributed by atoms with Crippen LogP contribution < -0.4 is 4.74 Å². The highest BCUT2D eigenvalue weighted by atomic mass is 35.5. The fraction of sp³-hybridized carbons (Fsp3) is 0.0833. The molecule has 2 rings (SSSR count). The molecule has 0 aliphatic heterocycles. The van der Waals surface area contributed by atoms with Crippen LogP contribution in [0.15, 0.2) is 30.5 Å². The molecule has 0 unspecified atom stereocenters. The van der Waals surface area contributed by atoms with Crippen LogP contribution >= 0.6 is 11.6 Å². The highest BCUT2D eigenvalue weighted by molar-refractivity contribution is 6.30. The van der Waals surface area contributed by atoms with Crippen molar-refractivity contribution in [3.05, 3.63) is 52.7 Å². The van der Waals surface area contributed by atoms with E-state index < -0.39 is 18.2 Å². The zero-order chi connectivity index (χ0) is 13.1. The van der Waals surface area contributed by atoms with Crippen LogP contribution in [0.25, 0.3) is 0 Å². The van der Waals surface area contributed by atoms with E-state index in [0.717, 1.165) is 6.07 Å². The number of aliphatic hydroxyl groups is 1. The van der Waals surface area contributed by atoms with E-state index >= 15 is 0 Å². The average Bonchev–Trinajstić information content (AvgIpc) is 2.36. The zero-order valence-electron chi connectivity index (χ0n) is 9.03. The first kappa shape index (κ1) is 12.7. The minimum Gasteiger partial charge on any atom is -0.436 e. The second-order valence-electron chi connectivity index (χ2n) is 3.43. The third kappa shape index (κ3) is 2.57. The lowest BCUT2D eigenvalue weighted by molar-refractivity contribution is 0.273. The quantitative estimate of drug-likeness (QED) is 0.931. The molecule has 0 saturated heterocycles. The van der Waals surface area contributed by atoms with Gasteiger partial charge in [0.15, 0.2) is 5.82 Å². The molecule has 6 heteroatoms. The standard InChI is InChI=1S/C12H8ClF2NO2/c13-9-5-8(1-2-10(9)14)18-12-11(15)7(6-17)3-4-16-12/h1-5,17H,6H2. The topological polar surface area (TPSA) is 42.4 Å². The summed E-state index contributed by atoms with van der Waals surface area (Å²) >= 11 is 5.57. The number of pyridine rings is 1. The van der Waals surface area contributed by atoms with Gasteiger partial charge in [-0.2, -0.15) is 0 Å². The summed E-state index contributed by atoms with van der Waals surface area (Å²) in [4.78, 5) is 3.69. The number of nitrogens with zero attached hydrogens (tertiary/aromatic N) is 1. The van der Waals surface area contributed by atoms with Crippen molar-refractivity contribution >= 4 is 11.6 Å². The van der Waals surface area contributed by atoms with Crippen molar-refractivity contribution in [2.75, 3.05) is 0 Å². The average molecular weight is 272 g/mol. The molecular formula is C12H8ClF2NO2. The SMILES string of the molecule is OCc1ccnc(Oc2ccc(F)c(Cl)c2)c1F. The lowest BCUT2D eigenvalue weighted by Gasteiger charge is -2.07. The van der Waals surface area contributed by atoms with Gasteiger partial charge >= 0.3 is 0 Å². The van der Waals surface area contributed by atoms with Crippen LogP contribution in [-0.2, 0) is 6.61 Å². The maximum absolute atomic E-state index is 13.7. The number of aliphatic hydroxyl groups excluding tert-OH is 1. The summed E-state index contributed by atoms with van der Waals surface area (Å²) in [6.45, 7) is -0.463. The molecule has 0 saturated carbocycles. The Balaban J connectivity index is 2.31. The van der Waals surface area contributed by atoms with Gasteiger partial charge in [-0.3, -0.25) is 0 Å². The van der Waals surface area contributed by atoms with E-state index in [1.54, 1.807) is 0 Å². The van der Waals surface area contributed by atoms with Gasteiger partial charge in [-0.1, -0.05) is 11.6 Å². The number of hydrogen-bond acceptors (Lipinski definition) is 3. The second kappa shape index (κ2) is 5.29. The van der Waals surface area contributed by atoms with Crippen molar-refractivity contribution in [2.24, 2.45) is 0 Å². The molecule has 0 atom stereocenters. The van der Waals surface area contributed by atoms with Gasteiger partial charge in [-0.15, -0.1) is 0 Å². The number of halogens is 3. The fourth-order valence-corrected chi connectivity index (χ4v) is 1.48. The molecule has 0 fully saturated rings. The maximum Gasteiger partial charge on any atom is 0.256 e. The molecule has 18 heavy (non-hydrogen) atoms. The molecule has 0 aliphatic carbocycles. The Bertz CT molecular complexity index is 578. The molecule has 2 aromatic rings. The Kier molecular flexibility index (Phi) is 3.74. The summed E-state index contributed by atoms with van der Waals surface area (Å²) in [6.07, 6.45) is 1.30. The Morgan fingerprint density at radius 3 is 2.72 bits per heavy atom. The highest BCUT2D eigenvalue weighted by Crippen LogP contribution is 2.27. The number of rotatable bonds is 3. The molecule has 0 amide bonds. The van der Waals surface area contributed by atoms with Crippen molar-refractivity contribution in [2.45, 2.75) is 6.61 Å². The van der Waals surface area contributed by atoms with Gasteiger partial charge in [0, 0.05) is 17.8 Å². The van der Waals surface area contributed by atoms with Crippen LogP contribution in [0.4, 0.5) is 8.78 Å². The lowest BCUT2D eigenvalue weighted by atomic mass is 10.2. The molecule has 94 valence electrons. The zero-order valence-corrected chi connectivity index (χ0v) is 9.79. The van der Waals surface area contributed by atoms with E-state index in [-0.39, 0.29) is 22.2 Å². The largest absolute Gasteiger partial charge is 0.436 e. The van der Waals surface area contributed by atoms with Crippen LogP contribution in [0.1, 0.15) is 5.56 Å². The van der Waals surface area contributed by atoms with Crippen molar-refractivity contribution in [1.29, 1.82) is 0 Å². The van der Waals surface area contributed by atoms with Gasteiger partial charge in [0.1, 0.15) is 11.6 Å². The van der Waals surface area contributed by atoms with E-state index in [1.807, 2.05) is 0 Å². The number of aromatic nitrogens is 1. The van der Waals surface area contributed by atoms with Crippen molar-refractivity contribution in [3.63, 3.8) is 0 Å². The Morgan fingerprint density at radius 2 is 2.06 bits per heavy atom. The van der Waals surface area contributed by atoms with E-state index in [4.69, 9.17) is 21.4 Å². The predicted molar refractivity (Wildman–Crippen MR) is 61.6 cm³/mol. The van der Waals surface area contributed by atoms with E-state index in [0.29, 0.717) is 0 Å². The number of benzene rings is 1. The van der Waals surface area contributed by atoms with Gasteiger partial charge in [0.05, 0.1) is 11.6 Å². The first-order valence-electron chi connectivity index (χ1n) is 4.99. The van der Waals surface area contributed by atoms with Gasteiger partial charge in [-0.05, 0) is 18.2 Å². The number of hydrogen-bond donors (Lipinski definition) is 1. The third-order valence-electron chi connectivity index (χ3n) is 2.21. The fourth-order valence-electron chi connectivity index (χ4n) is 1.31. The van der Waals surface area contributed by atoms with Crippen LogP contribution in [0, 0.1) is 11.6 Å². The molecule has 0 radical (unpaired) electrons. The number of ether oxygens (including phenoxy) is 1. The smallest absolute Gasteiger partial charge is 0.256 e. The van der Waals surface area contributed by atoms with Crippen LogP contribution in [0.3, 0.4) is 0 Å². The van der Waals surface area contributed by atoms with Gasteiger partial charge < -0.3 is 9.84 Å². The molecule has 0 spiro atoms. The maximum atomic E-state index is 13.7. The molecule has 1 N–H and O–H groups in total. The molecule has 0 bridgehead atoms. The minimum atomic E-state index is -0.763. The predicted octanol–water partition coefficient (Wildman–Crippen LogP) is 3.30. The molecule has 3 nitrogen and oxygen atoms in total. The molecule has 1 heterocycles. The highest BCUT2D eigenvalue weighted by Gasteiger charge is 2.11. The van der Waals surface area contributed by atoms with Crippen LogP contribution in [-0.4, -0.2) is 10.1 Å². The Morgan fingerprint density at radius 1 is 1.28 bits per heavy atom. The van der Waals surface area contributed by atoms with Gasteiger partial charge in [0.2, 0.25) is 0 Å². The van der Waals surface area contributed by atoms with E-state index in [2.05, 4.69) is 4.98 Å². The molecule has 0 aliphatic rings. The van der Waals surface area contributed by atoms with Crippen LogP contribution in [0.2, 0.25) is 5.02 Å². The summed E-state index contributed by atoms with van der Waals surface area (Å²) in [5.41, 5.74) is 0.0632. The molecule has 1 aromatic heterocycles. The minimum absolute atomic E-state index is 0.0632. The van der Waals surface area contributed by atoms with E-state index in [9.17, 15) is 8.78 Å². The van der Waals surface area contributed by atoms with Gasteiger partial charge in [-0.25, -0.2) is 13.8 Å².